The molecule has 2 nitrogen and oxygen atoms in total. The van der Waals surface area contributed by atoms with E-state index in [4.69, 9.17) is 0 Å². The summed E-state index contributed by atoms with van der Waals surface area (Å²) in [6.07, 6.45) is 0. The molecule has 0 bridgehead atoms. The monoisotopic (exact) mass is 636 g/mol. The van der Waals surface area contributed by atoms with Gasteiger partial charge < -0.3 is 9.13 Å². The van der Waals surface area contributed by atoms with E-state index in [0.29, 0.717) is 0 Å². The number of nitrogens with zero attached hydrogens (tertiary/aromatic N) is 2. The molecule has 2 heteroatoms. The molecule has 2 aromatic heterocycles. The fourth-order valence-corrected chi connectivity index (χ4v) is 7.88. The van der Waals surface area contributed by atoms with Crippen molar-refractivity contribution in [3.05, 3.63) is 194 Å². The van der Waals surface area contributed by atoms with Crippen molar-refractivity contribution in [2.45, 2.75) is 0 Å². The molecule has 0 saturated heterocycles. The average Bonchev–Trinajstić information content (AvgIpc) is 3.71. The molecule has 10 aromatic rings. The standard InChI is InChI=1S/C48H32N2/c1-3-14-34(15-4-1)38-21-13-22-39(48(38)50-45-24-11-7-18-40(45)41-19-8-12-25-46(41)50)35-28-26-33(27-29-35)36-30-31-47-43(32-36)42-20-9-10-23-44(42)49(47)37-16-5-2-6-17-37/h1-32H. The van der Waals surface area contributed by atoms with Gasteiger partial charge in [-0.15, -0.1) is 0 Å². The highest BCUT2D eigenvalue weighted by Crippen LogP contribution is 2.42. The summed E-state index contributed by atoms with van der Waals surface area (Å²) in [4.78, 5) is 0. The fraction of sp³-hybridized carbons (Fsp3) is 0. The molecule has 50 heavy (non-hydrogen) atoms. The third-order valence-corrected chi connectivity index (χ3v) is 10.1. The van der Waals surface area contributed by atoms with Crippen molar-refractivity contribution in [2.75, 3.05) is 0 Å². The Kier molecular flexibility index (Phi) is 6.53. The quantitative estimate of drug-likeness (QED) is 0.178. The highest BCUT2D eigenvalue weighted by molar-refractivity contribution is 6.11. The minimum absolute atomic E-state index is 1.17. The molecular formula is C48H32N2. The van der Waals surface area contributed by atoms with Crippen molar-refractivity contribution >= 4 is 43.6 Å². The summed E-state index contributed by atoms with van der Waals surface area (Å²) >= 11 is 0. The van der Waals surface area contributed by atoms with E-state index in [2.05, 4.69) is 203 Å². The Morgan fingerprint density at radius 2 is 0.700 bits per heavy atom. The Bertz CT molecular complexity index is 2790. The van der Waals surface area contributed by atoms with Crippen molar-refractivity contribution in [1.29, 1.82) is 0 Å². The molecule has 0 unspecified atom stereocenters. The lowest BCUT2D eigenvalue weighted by Crippen LogP contribution is -2.00. The Labute approximate surface area is 290 Å². The number of hydrogen-bond donors (Lipinski definition) is 0. The fourth-order valence-electron chi connectivity index (χ4n) is 7.88. The number of rotatable bonds is 5. The van der Waals surface area contributed by atoms with Crippen LogP contribution in [0, 0.1) is 0 Å². The molecule has 0 aliphatic heterocycles. The van der Waals surface area contributed by atoms with Crippen LogP contribution < -0.4 is 0 Å². The van der Waals surface area contributed by atoms with Crippen LogP contribution >= 0.6 is 0 Å². The van der Waals surface area contributed by atoms with Gasteiger partial charge in [-0.25, -0.2) is 0 Å². The first kappa shape index (κ1) is 28.4. The third kappa shape index (κ3) is 4.43. The second-order valence-corrected chi connectivity index (χ2v) is 12.9. The molecule has 0 radical (unpaired) electrons. The molecule has 2 heterocycles. The van der Waals surface area contributed by atoms with Crippen LogP contribution in [0.15, 0.2) is 194 Å². The molecule has 10 rings (SSSR count). The maximum absolute atomic E-state index is 2.46. The molecular weight excluding hydrogens is 605 g/mol. The first-order valence-electron chi connectivity index (χ1n) is 17.2. The van der Waals surface area contributed by atoms with Crippen molar-refractivity contribution in [1.82, 2.24) is 9.13 Å². The maximum Gasteiger partial charge on any atom is 0.0618 e. The number of hydrogen-bond acceptors (Lipinski definition) is 0. The van der Waals surface area contributed by atoms with Gasteiger partial charge >= 0.3 is 0 Å². The van der Waals surface area contributed by atoms with Crippen molar-refractivity contribution in [2.24, 2.45) is 0 Å². The molecule has 0 N–H and O–H groups in total. The molecule has 0 spiro atoms. The number of para-hydroxylation sites is 5. The zero-order chi connectivity index (χ0) is 33.0. The smallest absolute Gasteiger partial charge is 0.0618 e. The summed E-state index contributed by atoms with van der Waals surface area (Å²) in [6.45, 7) is 0. The number of aromatic nitrogens is 2. The van der Waals surface area contributed by atoms with E-state index in [1.54, 1.807) is 0 Å². The summed E-state index contributed by atoms with van der Waals surface area (Å²) in [7, 11) is 0. The first-order chi connectivity index (χ1) is 24.8. The van der Waals surface area contributed by atoms with Crippen LogP contribution in [0.1, 0.15) is 0 Å². The summed E-state index contributed by atoms with van der Waals surface area (Å²) in [5.74, 6) is 0. The lowest BCUT2D eigenvalue weighted by molar-refractivity contribution is 1.18. The van der Waals surface area contributed by atoms with Crippen LogP contribution in [-0.4, -0.2) is 9.13 Å². The van der Waals surface area contributed by atoms with Gasteiger partial charge in [0, 0.05) is 38.4 Å². The SMILES string of the molecule is c1ccc(-c2cccc(-c3ccc(-c4ccc5c(c4)c4ccccc4n5-c4ccccc4)cc3)c2-n2c3ccccc3c3ccccc32)cc1. The van der Waals surface area contributed by atoms with E-state index in [1.807, 2.05) is 0 Å². The molecule has 0 aliphatic rings. The van der Waals surface area contributed by atoms with Gasteiger partial charge in [-0.05, 0) is 64.7 Å². The van der Waals surface area contributed by atoms with E-state index < -0.39 is 0 Å². The van der Waals surface area contributed by atoms with Gasteiger partial charge in [-0.3, -0.25) is 0 Å². The highest BCUT2D eigenvalue weighted by Gasteiger charge is 2.20. The Hall–Kier alpha value is -6.64. The second kappa shape index (κ2) is 11.5. The summed E-state index contributed by atoms with van der Waals surface area (Å²) in [5, 5.41) is 5.04. The Balaban J connectivity index is 1.15. The predicted molar refractivity (Wildman–Crippen MR) is 211 cm³/mol. The van der Waals surface area contributed by atoms with E-state index in [1.165, 1.54) is 88.4 Å². The maximum atomic E-state index is 2.46. The number of benzene rings is 8. The summed E-state index contributed by atoms with van der Waals surface area (Å²) < 4.78 is 4.83. The predicted octanol–water partition coefficient (Wildman–Crippen LogP) is 12.9. The molecule has 234 valence electrons. The third-order valence-electron chi connectivity index (χ3n) is 10.1. The van der Waals surface area contributed by atoms with Crippen molar-refractivity contribution in [3.63, 3.8) is 0 Å². The van der Waals surface area contributed by atoms with Gasteiger partial charge in [0.1, 0.15) is 0 Å². The van der Waals surface area contributed by atoms with Crippen LogP contribution in [0.2, 0.25) is 0 Å². The Morgan fingerprint density at radius 3 is 1.32 bits per heavy atom. The molecule has 0 aliphatic carbocycles. The lowest BCUT2D eigenvalue weighted by atomic mass is 9.94. The van der Waals surface area contributed by atoms with E-state index in [0.717, 1.165) is 0 Å². The van der Waals surface area contributed by atoms with E-state index in [9.17, 15) is 0 Å². The minimum Gasteiger partial charge on any atom is -0.309 e. The lowest BCUT2D eigenvalue weighted by Gasteiger charge is -2.19. The molecule has 0 fully saturated rings. The van der Waals surface area contributed by atoms with Crippen LogP contribution in [0.3, 0.4) is 0 Å². The van der Waals surface area contributed by atoms with Gasteiger partial charge in [0.25, 0.3) is 0 Å². The minimum atomic E-state index is 1.17. The molecule has 8 aromatic carbocycles. The topological polar surface area (TPSA) is 9.86 Å². The molecule has 0 atom stereocenters. The second-order valence-electron chi connectivity index (χ2n) is 12.9. The van der Waals surface area contributed by atoms with E-state index >= 15 is 0 Å². The number of fused-ring (bicyclic) bond motifs is 6. The zero-order valence-electron chi connectivity index (χ0n) is 27.4. The average molecular weight is 637 g/mol. The first-order valence-corrected chi connectivity index (χ1v) is 17.2. The molecule has 0 amide bonds. The zero-order valence-corrected chi connectivity index (χ0v) is 27.4. The van der Waals surface area contributed by atoms with Crippen LogP contribution in [0.4, 0.5) is 0 Å². The van der Waals surface area contributed by atoms with Gasteiger partial charge in [-0.1, -0.05) is 152 Å². The largest absolute Gasteiger partial charge is 0.309 e. The van der Waals surface area contributed by atoms with Gasteiger partial charge in [-0.2, -0.15) is 0 Å². The van der Waals surface area contributed by atoms with Crippen molar-refractivity contribution in [3.8, 4) is 44.8 Å². The highest BCUT2D eigenvalue weighted by atomic mass is 15.0. The van der Waals surface area contributed by atoms with Crippen molar-refractivity contribution < 1.29 is 0 Å². The normalized spacial score (nSPS) is 11.6. The summed E-state index contributed by atoms with van der Waals surface area (Å²) in [6, 6.07) is 70.4. The van der Waals surface area contributed by atoms with Gasteiger partial charge in [0.05, 0.1) is 27.8 Å². The molecule has 0 saturated carbocycles. The van der Waals surface area contributed by atoms with Gasteiger partial charge in [0.15, 0.2) is 0 Å². The van der Waals surface area contributed by atoms with Crippen LogP contribution in [0.5, 0.6) is 0 Å². The van der Waals surface area contributed by atoms with E-state index in [-0.39, 0.29) is 0 Å². The Morgan fingerprint density at radius 1 is 0.260 bits per heavy atom. The van der Waals surface area contributed by atoms with Gasteiger partial charge in [0.2, 0.25) is 0 Å². The summed E-state index contributed by atoms with van der Waals surface area (Å²) in [5.41, 5.74) is 14.4. The van der Waals surface area contributed by atoms with Crippen LogP contribution in [0.25, 0.3) is 88.4 Å². The van der Waals surface area contributed by atoms with Crippen LogP contribution in [-0.2, 0) is 0 Å².